The normalized spacial score (nSPS) is 22.2. The number of hydrogen-bond acceptors (Lipinski definition) is 4. The molecule has 0 radical (unpaired) electrons. The van der Waals surface area contributed by atoms with Gasteiger partial charge < -0.3 is 10.6 Å². The maximum atomic E-state index is 5.92. The number of anilines is 1. The minimum Gasteiger partial charge on any atom is -0.399 e. The smallest absolute Gasteiger partial charge is 0.165 e. The number of rotatable bonds is 1. The van der Waals surface area contributed by atoms with Gasteiger partial charge in [-0.2, -0.15) is 0 Å². The molecule has 106 valence electrons. The monoisotopic (exact) mass is 296 g/mol. The number of nitrogens with two attached hydrogens (primary N) is 1. The standard InChI is InChI=1S/C16H16N4S/c17-13-4-3-11-7-15-10-21-16(20(15)9-12(11)6-13)19-14-2-1-5-18-8-14/h1-6,8,15H,7,9-10,17H2. The largest absolute Gasteiger partial charge is 0.399 e. The van der Waals surface area contributed by atoms with Crippen LogP contribution in [0.5, 0.6) is 0 Å². The van der Waals surface area contributed by atoms with Gasteiger partial charge in [0, 0.05) is 30.2 Å². The van der Waals surface area contributed by atoms with E-state index in [1.807, 2.05) is 30.0 Å². The molecule has 0 saturated carbocycles. The molecule has 2 aliphatic rings. The van der Waals surface area contributed by atoms with Crippen molar-refractivity contribution in [2.24, 2.45) is 4.99 Å². The molecule has 1 unspecified atom stereocenters. The van der Waals surface area contributed by atoms with Crippen LogP contribution in [-0.4, -0.2) is 26.8 Å². The van der Waals surface area contributed by atoms with Gasteiger partial charge in [-0.05, 0) is 41.8 Å². The molecule has 1 aromatic heterocycles. The molecule has 1 fully saturated rings. The molecule has 2 N–H and O–H groups in total. The Morgan fingerprint density at radius 1 is 1.29 bits per heavy atom. The summed E-state index contributed by atoms with van der Waals surface area (Å²) in [5, 5.41) is 1.10. The van der Waals surface area contributed by atoms with Gasteiger partial charge in [0.2, 0.25) is 0 Å². The number of pyridine rings is 1. The Labute approximate surface area is 128 Å². The Kier molecular flexibility index (Phi) is 3.07. The molecule has 5 heteroatoms. The van der Waals surface area contributed by atoms with Crippen molar-refractivity contribution in [3.63, 3.8) is 0 Å². The van der Waals surface area contributed by atoms with E-state index < -0.39 is 0 Å². The van der Waals surface area contributed by atoms with Crippen LogP contribution in [0.3, 0.4) is 0 Å². The van der Waals surface area contributed by atoms with Gasteiger partial charge in [0.25, 0.3) is 0 Å². The maximum absolute atomic E-state index is 5.92. The van der Waals surface area contributed by atoms with Crippen LogP contribution in [0, 0.1) is 0 Å². The molecule has 0 bridgehead atoms. The van der Waals surface area contributed by atoms with E-state index >= 15 is 0 Å². The quantitative estimate of drug-likeness (QED) is 0.822. The second-order valence-corrected chi connectivity index (χ2v) is 6.42. The zero-order valence-electron chi connectivity index (χ0n) is 11.6. The molecule has 0 amide bonds. The summed E-state index contributed by atoms with van der Waals surface area (Å²) in [6.45, 7) is 0.900. The van der Waals surface area contributed by atoms with Gasteiger partial charge in [-0.25, -0.2) is 4.99 Å². The molecule has 21 heavy (non-hydrogen) atoms. The number of benzene rings is 1. The van der Waals surface area contributed by atoms with E-state index in [2.05, 4.69) is 22.0 Å². The minimum absolute atomic E-state index is 0.543. The Balaban J connectivity index is 1.66. The molecule has 4 rings (SSSR count). The average molecular weight is 296 g/mol. The summed E-state index contributed by atoms with van der Waals surface area (Å²) in [5.41, 5.74) is 10.4. The van der Waals surface area contributed by atoms with E-state index in [0.717, 1.165) is 35.3 Å². The van der Waals surface area contributed by atoms with Crippen molar-refractivity contribution in [2.45, 2.75) is 19.0 Å². The van der Waals surface area contributed by atoms with E-state index in [4.69, 9.17) is 10.7 Å². The lowest BCUT2D eigenvalue weighted by Crippen LogP contribution is -2.38. The number of hydrogen-bond donors (Lipinski definition) is 1. The van der Waals surface area contributed by atoms with Crippen molar-refractivity contribution in [3.05, 3.63) is 53.9 Å². The lowest BCUT2D eigenvalue weighted by Gasteiger charge is -2.32. The van der Waals surface area contributed by atoms with E-state index in [-0.39, 0.29) is 0 Å². The van der Waals surface area contributed by atoms with Gasteiger partial charge in [0.05, 0.1) is 11.9 Å². The Hall–Kier alpha value is -2.01. The maximum Gasteiger partial charge on any atom is 0.165 e. The van der Waals surface area contributed by atoms with Crippen LogP contribution in [-0.2, 0) is 13.0 Å². The lowest BCUT2D eigenvalue weighted by atomic mass is 9.95. The summed E-state index contributed by atoms with van der Waals surface area (Å²) in [4.78, 5) is 11.3. The molecule has 2 aromatic rings. The van der Waals surface area contributed by atoms with Gasteiger partial charge in [-0.15, -0.1) is 0 Å². The number of aromatic nitrogens is 1. The van der Waals surface area contributed by atoms with E-state index in [0.29, 0.717) is 6.04 Å². The van der Waals surface area contributed by atoms with Crippen LogP contribution < -0.4 is 5.73 Å². The minimum atomic E-state index is 0.543. The van der Waals surface area contributed by atoms with Gasteiger partial charge in [0.15, 0.2) is 5.17 Å². The third-order valence-electron chi connectivity index (χ3n) is 3.99. The van der Waals surface area contributed by atoms with Crippen molar-refractivity contribution in [2.75, 3.05) is 11.5 Å². The lowest BCUT2D eigenvalue weighted by molar-refractivity contribution is 0.320. The first-order chi connectivity index (χ1) is 10.3. The van der Waals surface area contributed by atoms with Crippen LogP contribution in [0.1, 0.15) is 11.1 Å². The fraction of sp³-hybridized carbons (Fsp3) is 0.250. The second kappa shape index (κ2) is 5.07. The SMILES string of the molecule is Nc1ccc2c(c1)CN1C(=Nc3cccnc3)SCC1C2. The van der Waals surface area contributed by atoms with Crippen molar-refractivity contribution in [1.82, 2.24) is 9.88 Å². The number of amidine groups is 1. The van der Waals surface area contributed by atoms with Gasteiger partial charge >= 0.3 is 0 Å². The van der Waals surface area contributed by atoms with Gasteiger partial charge in [-0.1, -0.05) is 17.8 Å². The molecule has 1 saturated heterocycles. The summed E-state index contributed by atoms with van der Waals surface area (Å²) in [6.07, 6.45) is 4.65. The number of fused-ring (bicyclic) bond motifs is 2. The van der Waals surface area contributed by atoms with Crippen LogP contribution in [0.2, 0.25) is 0 Å². The highest BCUT2D eigenvalue weighted by atomic mass is 32.2. The summed E-state index contributed by atoms with van der Waals surface area (Å²) in [6, 6.07) is 10.7. The number of nitrogen functional groups attached to an aromatic ring is 1. The molecular formula is C16H16N4S. The predicted molar refractivity (Wildman–Crippen MR) is 87.7 cm³/mol. The summed E-state index contributed by atoms with van der Waals surface area (Å²) in [7, 11) is 0. The summed E-state index contributed by atoms with van der Waals surface area (Å²) < 4.78 is 0. The molecule has 1 aromatic carbocycles. The first-order valence-electron chi connectivity index (χ1n) is 7.05. The fourth-order valence-corrected chi connectivity index (χ4v) is 4.11. The van der Waals surface area contributed by atoms with Crippen LogP contribution >= 0.6 is 11.8 Å². The number of aliphatic imine (C=N–C) groups is 1. The average Bonchev–Trinajstić information content (AvgIpc) is 2.88. The highest BCUT2D eigenvalue weighted by Gasteiger charge is 2.34. The van der Waals surface area contributed by atoms with Crippen molar-refractivity contribution < 1.29 is 0 Å². The zero-order valence-corrected chi connectivity index (χ0v) is 12.4. The third-order valence-corrected chi connectivity index (χ3v) is 5.12. The summed E-state index contributed by atoms with van der Waals surface area (Å²) in [5.74, 6) is 1.10. The van der Waals surface area contributed by atoms with Crippen molar-refractivity contribution in [1.29, 1.82) is 0 Å². The topological polar surface area (TPSA) is 54.5 Å². The van der Waals surface area contributed by atoms with Crippen LogP contribution in [0.25, 0.3) is 0 Å². The number of nitrogens with zero attached hydrogens (tertiary/aromatic N) is 3. The highest BCUT2D eigenvalue weighted by molar-refractivity contribution is 8.14. The Bertz CT molecular complexity index is 699. The fourth-order valence-electron chi connectivity index (χ4n) is 2.92. The molecule has 3 heterocycles. The number of thioether (sulfide) groups is 1. The van der Waals surface area contributed by atoms with Crippen molar-refractivity contribution >= 4 is 28.3 Å². The molecule has 0 aliphatic carbocycles. The highest BCUT2D eigenvalue weighted by Crippen LogP contribution is 2.35. The first kappa shape index (κ1) is 12.7. The van der Waals surface area contributed by atoms with Crippen LogP contribution in [0.15, 0.2) is 47.7 Å². The summed E-state index contributed by atoms with van der Waals surface area (Å²) >= 11 is 1.83. The molecule has 2 aliphatic heterocycles. The van der Waals surface area contributed by atoms with E-state index in [1.165, 1.54) is 11.1 Å². The van der Waals surface area contributed by atoms with Crippen LogP contribution in [0.4, 0.5) is 11.4 Å². The van der Waals surface area contributed by atoms with Gasteiger partial charge in [0.1, 0.15) is 0 Å². The molecule has 4 nitrogen and oxygen atoms in total. The third kappa shape index (κ3) is 2.38. The predicted octanol–water partition coefficient (Wildman–Crippen LogP) is 2.83. The van der Waals surface area contributed by atoms with Crippen molar-refractivity contribution in [3.8, 4) is 0 Å². The van der Waals surface area contributed by atoms with E-state index in [9.17, 15) is 0 Å². The molecular weight excluding hydrogens is 280 g/mol. The van der Waals surface area contributed by atoms with Gasteiger partial charge in [-0.3, -0.25) is 4.98 Å². The molecule has 0 spiro atoms. The first-order valence-corrected chi connectivity index (χ1v) is 8.03. The zero-order chi connectivity index (χ0) is 14.2. The molecule has 1 atom stereocenters. The Morgan fingerprint density at radius 2 is 2.24 bits per heavy atom. The second-order valence-electron chi connectivity index (χ2n) is 5.43. The van der Waals surface area contributed by atoms with E-state index in [1.54, 1.807) is 12.4 Å². The Morgan fingerprint density at radius 3 is 3.10 bits per heavy atom.